The maximum atomic E-state index is 12.4. The number of para-hydroxylation sites is 1. The monoisotopic (exact) mass is 396 g/mol. The number of nitrogens with one attached hydrogen (secondary N) is 2. The first kappa shape index (κ1) is 19.6. The first-order valence-electron chi connectivity index (χ1n) is 8.87. The normalized spacial score (nSPS) is 10.4. The molecule has 3 rings (SSSR count). The van der Waals surface area contributed by atoms with E-state index in [1.165, 1.54) is 0 Å². The molecule has 2 aromatic carbocycles. The average Bonchev–Trinajstić information content (AvgIpc) is 2.72. The summed E-state index contributed by atoms with van der Waals surface area (Å²) < 4.78 is 5.33. The Morgan fingerprint density at radius 3 is 2.82 bits per heavy atom. The number of nitrogens with zero attached hydrogens (tertiary/aromatic N) is 2. The van der Waals surface area contributed by atoms with Gasteiger partial charge in [0.1, 0.15) is 11.4 Å². The molecular formula is C21H21ClN4O2. The van der Waals surface area contributed by atoms with Crippen molar-refractivity contribution in [2.45, 2.75) is 13.0 Å². The van der Waals surface area contributed by atoms with Crippen molar-refractivity contribution in [1.82, 2.24) is 15.3 Å². The van der Waals surface area contributed by atoms with E-state index >= 15 is 0 Å². The number of carbonyl (C=O) groups excluding carboxylic acids is 1. The molecule has 0 spiro atoms. The van der Waals surface area contributed by atoms with Gasteiger partial charge in [-0.05, 0) is 36.2 Å². The number of aromatic nitrogens is 2. The zero-order valence-corrected chi connectivity index (χ0v) is 16.2. The van der Waals surface area contributed by atoms with Gasteiger partial charge in [-0.25, -0.2) is 9.97 Å². The van der Waals surface area contributed by atoms with E-state index in [1.54, 1.807) is 19.4 Å². The predicted molar refractivity (Wildman–Crippen MR) is 110 cm³/mol. The highest BCUT2D eigenvalue weighted by molar-refractivity contribution is 6.30. The molecule has 144 valence electrons. The van der Waals surface area contributed by atoms with Crippen molar-refractivity contribution >= 4 is 23.5 Å². The molecule has 0 aliphatic carbocycles. The first-order chi connectivity index (χ1) is 13.7. The lowest BCUT2D eigenvalue weighted by Crippen LogP contribution is -2.26. The van der Waals surface area contributed by atoms with Crippen LogP contribution in [0.25, 0.3) is 0 Å². The Bertz CT molecular complexity index is 949. The van der Waals surface area contributed by atoms with Gasteiger partial charge >= 0.3 is 0 Å². The molecule has 7 heteroatoms. The summed E-state index contributed by atoms with van der Waals surface area (Å²) in [7, 11) is 1.63. The third-order valence-electron chi connectivity index (χ3n) is 4.11. The molecule has 0 aliphatic rings. The molecular weight excluding hydrogens is 376 g/mol. The smallest absolute Gasteiger partial charge is 0.270 e. The summed E-state index contributed by atoms with van der Waals surface area (Å²) >= 11 is 5.97. The highest BCUT2D eigenvalue weighted by atomic mass is 35.5. The molecule has 0 atom stereocenters. The lowest BCUT2D eigenvalue weighted by atomic mass is 10.1. The number of amides is 1. The summed E-state index contributed by atoms with van der Waals surface area (Å²) in [6.07, 6.45) is 2.25. The zero-order valence-electron chi connectivity index (χ0n) is 15.5. The lowest BCUT2D eigenvalue weighted by Gasteiger charge is -2.10. The third kappa shape index (κ3) is 5.44. The Morgan fingerprint density at radius 2 is 2.00 bits per heavy atom. The Kier molecular flexibility index (Phi) is 6.81. The predicted octanol–water partition coefficient (Wildman–Crippen LogP) is 3.72. The maximum absolute atomic E-state index is 12.4. The molecule has 0 fully saturated rings. The van der Waals surface area contributed by atoms with Crippen molar-refractivity contribution < 1.29 is 9.53 Å². The molecule has 6 nitrogen and oxygen atoms in total. The van der Waals surface area contributed by atoms with E-state index in [0.29, 0.717) is 36.2 Å². The molecule has 0 bridgehead atoms. The number of rotatable bonds is 8. The maximum Gasteiger partial charge on any atom is 0.270 e. The van der Waals surface area contributed by atoms with E-state index in [4.69, 9.17) is 16.3 Å². The van der Waals surface area contributed by atoms with Crippen LogP contribution in [0.1, 0.15) is 21.6 Å². The van der Waals surface area contributed by atoms with Crippen LogP contribution in [0.2, 0.25) is 5.02 Å². The summed E-state index contributed by atoms with van der Waals surface area (Å²) in [5.74, 6) is 0.920. The SMILES string of the molecule is COc1ccccc1CNc1nccc(C(=O)NCCc2cccc(Cl)c2)n1. The van der Waals surface area contributed by atoms with Crippen LogP contribution < -0.4 is 15.4 Å². The number of halogens is 1. The van der Waals surface area contributed by atoms with Gasteiger partial charge < -0.3 is 15.4 Å². The number of benzene rings is 2. The van der Waals surface area contributed by atoms with Gasteiger partial charge in [0.15, 0.2) is 0 Å². The zero-order chi connectivity index (χ0) is 19.8. The second-order valence-corrected chi connectivity index (χ2v) is 6.50. The van der Waals surface area contributed by atoms with Crippen LogP contribution in [0.15, 0.2) is 60.8 Å². The number of ether oxygens (including phenoxy) is 1. The minimum Gasteiger partial charge on any atom is -0.496 e. The number of hydrogen-bond donors (Lipinski definition) is 2. The largest absolute Gasteiger partial charge is 0.496 e. The highest BCUT2D eigenvalue weighted by Crippen LogP contribution is 2.18. The van der Waals surface area contributed by atoms with Crippen molar-refractivity contribution in [2.75, 3.05) is 19.0 Å². The molecule has 0 radical (unpaired) electrons. The van der Waals surface area contributed by atoms with Gasteiger partial charge in [-0.3, -0.25) is 4.79 Å². The third-order valence-corrected chi connectivity index (χ3v) is 4.34. The van der Waals surface area contributed by atoms with E-state index in [0.717, 1.165) is 16.9 Å². The number of methoxy groups -OCH3 is 1. The minimum absolute atomic E-state index is 0.246. The fraction of sp³-hybridized carbons (Fsp3) is 0.190. The molecule has 1 aromatic heterocycles. The molecule has 0 saturated carbocycles. The second kappa shape index (κ2) is 9.71. The standard InChI is InChI=1S/C21H21ClN4O2/c1-28-19-8-3-2-6-16(19)14-25-21-24-12-10-18(26-21)20(27)23-11-9-15-5-4-7-17(22)13-15/h2-8,10,12-13H,9,11,14H2,1H3,(H,23,27)(H,24,25,26). The van der Waals surface area contributed by atoms with Gasteiger partial charge in [0.05, 0.1) is 7.11 Å². The number of hydrogen-bond acceptors (Lipinski definition) is 5. The van der Waals surface area contributed by atoms with Gasteiger partial charge in [0.25, 0.3) is 5.91 Å². The molecule has 3 aromatic rings. The van der Waals surface area contributed by atoms with Crippen LogP contribution >= 0.6 is 11.6 Å². The molecule has 0 saturated heterocycles. The summed E-state index contributed by atoms with van der Waals surface area (Å²) in [5.41, 5.74) is 2.35. The van der Waals surface area contributed by atoms with Crippen LogP contribution in [0.5, 0.6) is 5.75 Å². The van der Waals surface area contributed by atoms with Crippen LogP contribution in [0.4, 0.5) is 5.95 Å². The molecule has 28 heavy (non-hydrogen) atoms. The van der Waals surface area contributed by atoms with Crippen LogP contribution in [-0.4, -0.2) is 29.5 Å². The van der Waals surface area contributed by atoms with Crippen molar-refractivity contribution in [1.29, 1.82) is 0 Å². The second-order valence-electron chi connectivity index (χ2n) is 6.07. The molecule has 1 heterocycles. The van der Waals surface area contributed by atoms with E-state index in [9.17, 15) is 4.79 Å². The van der Waals surface area contributed by atoms with E-state index in [2.05, 4.69) is 20.6 Å². The van der Waals surface area contributed by atoms with Crippen molar-refractivity contribution in [3.63, 3.8) is 0 Å². The minimum atomic E-state index is -0.246. The topological polar surface area (TPSA) is 76.1 Å². The Labute approximate surface area is 168 Å². The fourth-order valence-corrected chi connectivity index (χ4v) is 2.91. The summed E-state index contributed by atoms with van der Waals surface area (Å²) in [6, 6.07) is 16.9. The van der Waals surface area contributed by atoms with Gasteiger partial charge in [0, 0.05) is 29.9 Å². The van der Waals surface area contributed by atoms with Gasteiger partial charge in [-0.15, -0.1) is 0 Å². The number of carbonyl (C=O) groups is 1. The first-order valence-corrected chi connectivity index (χ1v) is 9.25. The summed E-state index contributed by atoms with van der Waals surface area (Å²) in [5, 5.41) is 6.67. The van der Waals surface area contributed by atoms with Crippen LogP contribution in [0, 0.1) is 0 Å². The van der Waals surface area contributed by atoms with Crippen molar-refractivity contribution in [3.8, 4) is 5.75 Å². The van der Waals surface area contributed by atoms with Crippen LogP contribution in [0.3, 0.4) is 0 Å². The average molecular weight is 397 g/mol. The molecule has 0 unspecified atom stereocenters. The van der Waals surface area contributed by atoms with Gasteiger partial charge in [-0.2, -0.15) is 0 Å². The summed E-state index contributed by atoms with van der Waals surface area (Å²) in [6.45, 7) is 0.983. The quantitative estimate of drug-likeness (QED) is 0.606. The van der Waals surface area contributed by atoms with Crippen molar-refractivity contribution in [3.05, 3.63) is 82.6 Å². The summed E-state index contributed by atoms with van der Waals surface area (Å²) in [4.78, 5) is 20.8. The highest BCUT2D eigenvalue weighted by Gasteiger charge is 2.09. The van der Waals surface area contributed by atoms with E-state index in [-0.39, 0.29) is 5.91 Å². The van der Waals surface area contributed by atoms with Crippen LogP contribution in [-0.2, 0) is 13.0 Å². The molecule has 0 aliphatic heterocycles. The molecule has 2 N–H and O–H groups in total. The van der Waals surface area contributed by atoms with E-state index < -0.39 is 0 Å². The molecule has 1 amide bonds. The van der Waals surface area contributed by atoms with Crippen molar-refractivity contribution in [2.24, 2.45) is 0 Å². The Balaban J connectivity index is 1.55. The Morgan fingerprint density at radius 1 is 1.14 bits per heavy atom. The van der Waals surface area contributed by atoms with Gasteiger partial charge in [0.2, 0.25) is 5.95 Å². The Hall–Kier alpha value is -3.12. The van der Waals surface area contributed by atoms with Gasteiger partial charge in [-0.1, -0.05) is 41.9 Å². The fourth-order valence-electron chi connectivity index (χ4n) is 2.70. The lowest BCUT2D eigenvalue weighted by molar-refractivity contribution is 0.0949. The number of anilines is 1. The van der Waals surface area contributed by atoms with E-state index in [1.807, 2.05) is 48.5 Å².